The largest absolute Gasteiger partial charge is 0.391 e. The van der Waals surface area contributed by atoms with Gasteiger partial charge in [0.25, 0.3) is 0 Å². The molecule has 0 N–H and O–H groups in total. The van der Waals surface area contributed by atoms with Crippen molar-refractivity contribution in [3.8, 4) is 0 Å². The smallest absolute Gasteiger partial charge is 0.378 e. The van der Waals surface area contributed by atoms with Crippen LogP contribution >= 0.6 is 0 Å². The molecular weight excluding hydrogens is 209 g/mol. The zero-order valence-corrected chi connectivity index (χ0v) is 8.43. The maximum atomic E-state index is 12.1. The molecule has 5 heteroatoms. The molecule has 2 atom stereocenters. The van der Waals surface area contributed by atoms with Gasteiger partial charge in [0.05, 0.1) is 12.5 Å². The number of aldehydes is 1. The van der Waals surface area contributed by atoms with E-state index < -0.39 is 18.7 Å². The predicted molar refractivity (Wildman–Crippen MR) is 48.4 cm³/mol. The second-order valence-electron chi connectivity index (χ2n) is 3.95. The summed E-state index contributed by atoms with van der Waals surface area (Å²) >= 11 is 0. The number of carbonyl (C=O) groups is 1. The second-order valence-corrected chi connectivity index (χ2v) is 3.95. The van der Waals surface area contributed by atoms with Crippen LogP contribution in [0.4, 0.5) is 13.2 Å². The predicted octanol–water partition coefficient (Wildman–Crippen LogP) is 2.71. The molecule has 1 aliphatic rings. The maximum absolute atomic E-state index is 12.1. The first-order valence-electron chi connectivity index (χ1n) is 5.13. The van der Waals surface area contributed by atoms with Crippen LogP contribution in [0.1, 0.15) is 32.1 Å². The van der Waals surface area contributed by atoms with Crippen LogP contribution in [0.15, 0.2) is 0 Å². The molecule has 2 unspecified atom stereocenters. The molecule has 88 valence electrons. The number of rotatable bonds is 4. The van der Waals surface area contributed by atoms with Gasteiger partial charge >= 0.3 is 6.18 Å². The summed E-state index contributed by atoms with van der Waals surface area (Å²) < 4.78 is 41.3. The van der Waals surface area contributed by atoms with Gasteiger partial charge in [-0.15, -0.1) is 0 Å². The highest BCUT2D eigenvalue weighted by Gasteiger charge is 2.35. The summed E-state index contributed by atoms with van der Waals surface area (Å²) in [7, 11) is 0. The van der Waals surface area contributed by atoms with Crippen molar-refractivity contribution in [3.05, 3.63) is 0 Å². The molecule has 1 heterocycles. The molecule has 0 bridgehead atoms. The minimum Gasteiger partial charge on any atom is -0.378 e. The molecule has 1 rings (SSSR count). The van der Waals surface area contributed by atoms with Gasteiger partial charge in [-0.25, -0.2) is 0 Å². The van der Waals surface area contributed by atoms with Crippen LogP contribution in [0.5, 0.6) is 0 Å². The number of ether oxygens (including phenoxy) is 1. The highest BCUT2D eigenvalue weighted by atomic mass is 19.4. The zero-order valence-electron chi connectivity index (χ0n) is 8.43. The summed E-state index contributed by atoms with van der Waals surface area (Å²) in [5.74, 6) is 0.205. The lowest BCUT2D eigenvalue weighted by molar-refractivity contribution is -0.169. The van der Waals surface area contributed by atoms with Gasteiger partial charge in [0.2, 0.25) is 0 Å². The van der Waals surface area contributed by atoms with Crippen molar-refractivity contribution in [1.29, 1.82) is 0 Å². The summed E-state index contributed by atoms with van der Waals surface area (Å²) in [6, 6.07) is 0. The van der Waals surface area contributed by atoms with E-state index in [0.717, 1.165) is 12.7 Å². The summed E-state index contributed by atoms with van der Waals surface area (Å²) in [6.07, 6.45) is -2.62. The van der Waals surface area contributed by atoms with Crippen LogP contribution < -0.4 is 0 Å². The molecule has 1 aliphatic heterocycles. The lowest BCUT2D eigenvalue weighted by Crippen LogP contribution is -2.30. The molecule has 1 fully saturated rings. The second kappa shape index (κ2) is 5.49. The van der Waals surface area contributed by atoms with Crippen LogP contribution in [0.3, 0.4) is 0 Å². The molecule has 0 amide bonds. The Morgan fingerprint density at radius 3 is 2.73 bits per heavy atom. The normalized spacial score (nSPS) is 27.7. The molecule has 15 heavy (non-hydrogen) atoms. The maximum Gasteiger partial charge on any atom is 0.391 e. The molecular formula is C10H15F3O2. The van der Waals surface area contributed by atoms with E-state index in [1.54, 1.807) is 0 Å². The van der Waals surface area contributed by atoms with Crippen molar-refractivity contribution in [2.45, 2.75) is 44.4 Å². The van der Waals surface area contributed by atoms with Gasteiger partial charge in [-0.05, 0) is 25.2 Å². The van der Waals surface area contributed by atoms with Crippen LogP contribution in [0.2, 0.25) is 0 Å². The van der Waals surface area contributed by atoms with E-state index in [-0.39, 0.29) is 5.92 Å². The van der Waals surface area contributed by atoms with Gasteiger partial charge in [0.15, 0.2) is 0 Å². The van der Waals surface area contributed by atoms with Gasteiger partial charge in [-0.3, -0.25) is 0 Å². The fourth-order valence-corrected chi connectivity index (χ4v) is 1.93. The van der Waals surface area contributed by atoms with Gasteiger partial charge in [0.1, 0.15) is 6.29 Å². The van der Waals surface area contributed by atoms with Crippen molar-refractivity contribution in [2.75, 3.05) is 6.61 Å². The third-order valence-corrected chi connectivity index (χ3v) is 2.63. The average molecular weight is 224 g/mol. The third kappa shape index (κ3) is 5.16. The number of alkyl halides is 3. The first-order chi connectivity index (χ1) is 7.01. The van der Waals surface area contributed by atoms with Crippen LogP contribution in [-0.4, -0.2) is 25.2 Å². The monoisotopic (exact) mass is 224 g/mol. The lowest BCUT2D eigenvalue weighted by Gasteiger charge is -2.29. The quantitative estimate of drug-likeness (QED) is 0.686. The van der Waals surface area contributed by atoms with E-state index in [0.29, 0.717) is 25.9 Å². The fraction of sp³-hybridized carbons (Fsp3) is 0.900. The molecule has 2 nitrogen and oxygen atoms in total. The Morgan fingerprint density at radius 2 is 2.13 bits per heavy atom. The Labute approximate surface area is 86.8 Å². The van der Waals surface area contributed by atoms with E-state index >= 15 is 0 Å². The SMILES string of the molecule is O=CCCC1CCOC(CC(F)(F)F)C1. The van der Waals surface area contributed by atoms with Crippen molar-refractivity contribution in [3.63, 3.8) is 0 Å². The van der Waals surface area contributed by atoms with Crippen LogP contribution in [0, 0.1) is 5.92 Å². The van der Waals surface area contributed by atoms with Crippen molar-refractivity contribution >= 4 is 6.29 Å². The molecule has 0 aromatic rings. The Hall–Kier alpha value is -0.580. The van der Waals surface area contributed by atoms with E-state index in [9.17, 15) is 18.0 Å². The van der Waals surface area contributed by atoms with E-state index in [1.165, 1.54) is 0 Å². The topological polar surface area (TPSA) is 26.3 Å². The molecule has 0 spiro atoms. The van der Waals surface area contributed by atoms with Gasteiger partial charge in [0, 0.05) is 13.0 Å². The Bertz CT molecular complexity index is 203. The van der Waals surface area contributed by atoms with Crippen molar-refractivity contribution in [2.24, 2.45) is 5.92 Å². The minimum atomic E-state index is -4.16. The van der Waals surface area contributed by atoms with E-state index in [4.69, 9.17) is 4.74 Å². The summed E-state index contributed by atoms with van der Waals surface area (Å²) in [5.41, 5.74) is 0. The zero-order chi connectivity index (χ0) is 11.3. The minimum absolute atomic E-state index is 0.205. The average Bonchev–Trinajstić information content (AvgIpc) is 2.12. The fourth-order valence-electron chi connectivity index (χ4n) is 1.93. The summed E-state index contributed by atoms with van der Waals surface area (Å²) in [6.45, 7) is 0.379. The number of hydrogen-bond donors (Lipinski definition) is 0. The Morgan fingerprint density at radius 1 is 1.40 bits per heavy atom. The van der Waals surface area contributed by atoms with Crippen molar-refractivity contribution < 1.29 is 22.7 Å². The molecule has 0 saturated carbocycles. The van der Waals surface area contributed by atoms with Gasteiger partial charge in [-0.2, -0.15) is 13.2 Å². The highest BCUT2D eigenvalue weighted by Crippen LogP contribution is 2.31. The molecule has 1 saturated heterocycles. The van der Waals surface area contributed by atoms with Gasteiger partial charge in [-0.1, -0.05) is 0 Å². The third-order valence-electron chi connectivity index (χ3n) is 2.63. The lowest BCUT2D eigenvalue weighted by atomic mass is 9.90. The van der Waals surface area contributed by atoms with Crippen LogP contribution in [-0.2, 0) is 9.53 Å². The van der Waals surface area contributed by atoms with Crippen molar-refractivity contribution in [1.82, 2.24) is 0 Å². The molecule has 0 aromatic carbocycles. The first kappa shape index (κ1) is 12.5. The molecule has 0 radical (unpaired) electrons. The summed E-state index contributed by atoms with van der Waals surface area (Å²) in [5, 5.41) is 0. The number of hydrogen-bond acceptors (Lipinski definition) is 2. The standard InChI is InChI=1S/C10H15F3O2/c11-10(12,13)7-9-6-8(2-1-4-14)3-5-15-9/h4,8-9H,1-3,5-7H2. The van der Waals surface area contributed by atoms with E-state index in [1.807, 2.05) is 0 Å². The van der Waals surface area contributed by atoms with E-state index in [2.05, 4.69) is 0 Å². The number of carbonyl (C=O) groups excluding carboxylic acids is 1. The Balaban J connectivity index is 2.32. The first-order valence-corrected chi connectivity index (χ1v) is 5.13. The molecule has 0 aromatic heterocycles. The van der Waals surface area contributed by atoms with Crippen LogP contribution in [0.25, 0.3) is 0 Å². The highest BCUT2D eigenvalue weighted by molar-refractivity contribution is 5.49. The number of halogens is 3. The Kier molecular flexibility index (Phi) is 4.57. The van der Waals surface area contributed by atoms with Gasteiger partial charge < -0.3 is 9.53 Å². The molecule has 0 aliphatic carbocycles. The summed E-state index contributed by atoms with van der Waals surface area (Å²) in [4.78, 5) is 10.1.